The first-order valence-corrected chi connectivity index (χ1v) is 18.1. The number of anilines is 1. The van der Waals surface area contributed by atoms with Gasteiger partial charge in [0.2, 0.25) is 5.75 Å². The van der Waals surface area contributed by atoms with Crippen LogP contribution in [0.2, 0.25) is 0 Å². The van der Waals surface area contributed by atoms with Gasteiger partial charge in [0.15, 0.2) is 34.0 Å². The fraction of sp³-hybridized carbons (Fsp3) is 0.200. The van der Waals surface area contributed by atoms with E-state index in [2.05, 4.69) is 50.1 Å². The maximum Gasteiger partial charge on any atom is 0.338 e. The average molecular weight is 785 g/mol. The zero-order chi connectivity index (χ0) is 39.7. The van der Waals surface area contributed by atoms with Crippen molar-refractivity contribution >= 4 is 21.8 Å². The van der Waals surface area contributed by atoms with Gasteiger partial charge >= 0.3 is 5.97 Å². The van der Waals surface area contributed by atoms with Crippen LogP contribution in [0.5, 0.6) is 23.1 Å². The van der Waals surface area contributed by atoms with Crippen molar-refractivity contribution in [3.8, 4) is 46.0 Å². The van der Waals surface area contributed by atoms with Crippen molar-refractivity contribution in [2.75, 3.05) is 25.0 Å². The van der Waals surface area contributed by atoms with Crippen LogP contribution in [0.15, 0.2) is 90.2 Å². The molecule has 0 saturated carbocycles. The number of benzene rings is 2. The molecule has 0 bridgehead atoms. The molecular formula is C35H32N10O10S. The molecule has 56 heavy (non-hydrogen) atoms. The monoisotopic (exact) mass is 784 g/mol. The van der Waals surface area contributed by atoms with Crippen molar-refractivity contribution in [2.24, 2.45) is 0 Å². The van der Waals surface area contributed by atoms with Crippen molar-refractivity contribution in [1.29, 1.82) is 0 Å². The lowest BCUT2D eigenvalue weighted by atomic mass is 10.1. The summed E-state index contributed by atoms with van der Waals surface area (Å²) in [5.41, 5.74) is 2.00. The summed E-state index contributed by atoms with van der Waals surface area (Å²) in [7, 11) is -2.97. The zero-order valence-electron chi connectivity index (χ0n) is 29.9. The van der Waals surface area contributed by atoms with Crippen molar-refractivity contribution in [3.63, 3.8) is 0 Å². The molecule has 0 radical (unpaired) electrons. The van der Waals surface area contributed by atoms with Crippen molar-refractivity contribution in [3.05, 3.63) is 112 Å². The number of H-pyrrole nitrogens is 1. The van der Waals surface area contributed by atoms with E-state index in [0.717, 1.165) is 5.56 Å². The van der Waals surface area contributed by atoms with E-state index in [-0.39, 0.29) is 71.2 Å². The minimum Gasteiger partial charge on any atom is -0.493 e. The molecule has 6 rings (SSSR count). The number of ether oxygens (including phenoxy) is 4. The molecule has 0 saturated heterocycles. The lowest BCUT2D eigenvalue weighted by Gasteiger charge is -2.18. The number of sulfonamides is 1. The van der Waals surface area contributed by atoms with E-state index in [1.54, 1.807) is 48.5 Å². The predicted octanol–water partition coefficient (Wildman–Crippen LogP) is 4.78. The van der Waals surface area contributed by atoms with E-state index < -0.39 is 21.1 Å². The number of hydrogen-bond acceptors (Lipinski definition) is 17. The Morgan fingerprint density at radius 2 is 1.80 bits per heavy atom. The summed E-state index contributed by atoms with van der Waals surface area (Å²) in [6.45, 7) is 2.93. The number of tetrazole rings is 1. The Morgan fingerprint density at radius 3 is 2.52 bits per heavy atom. The van der Waals surface area contributed by atoms with Crippen molar-refractivity contribution in [2.45, 2.75) is 31.4 Å². The van der Waals surface area contributed by atoms with Crippen LogP contribution in [0.1, 0.15) is 41.3 Å². The zero-order valence-corrected chi connectivity index (χ0v) is 30.7. The Kier molecular flexibility index (Phi) is 11.8. The third-order valence-electron chi connectivity index (χ3n) is 7.71. The number of nitrogens with zero attached hydrogens (tertiary/aromatic N) is 8. The van der Waals surface area contributed by atoms with Crippen LogP contribution < -0.4 is 18.9 Å². The van der Waals surface area contributed by atoms with E-state index in [1.165, 1.54) is 43.8 Å². The molecule has 4 heterocycles. The highest BCUT2D eigenvalue weighted by atomic mass is 32.2. The molecule has 2 aromatic carbocycles. The number of methoxy groups -OCH3 is 1. The summed E-state index contributed by atoms with van der Waals surface area (Å²) >= 11 is 0. The first kappa shape index (κ1) is 38.4. The van der Waals surface area contributed by atoms with E-state index in [1.807, 2.05) is 13.8 Å². The van der Waals surface area contributed by atoms with Crippen LogP contribution in [0.25, 0.3) is 22.9 Å². The second-order valence-electron chi connectivity index (χ2n) is 11.8. The lowest BCUT2D eigenvalue weighted by molar-refractivity contribution is -0.763. The Labute approximate surface area is 318 Å². The maximum absolute atomic E-state index is 13.9. The smallest absolute Gasteiger partial charge is 0.338 e. The normalized spacial score (nSPS) is 11.1. The summed E-state index contributed by atoms with van der Waals surface area (Å²) < 4.78 is 53.3. The average Bonchev–Trinajstić information content (AvgIpc) is 3.75. The highest BCUT2D eigenvalue weighted by molar-refractivity contribution is 7.92. The summed E-state index contributed by atoms with van der Waals surface area (Å²) in [6.07, 6.45) is 2.93. The molecule has 0 aliphatic carbocycles. The SMILES string of the molecule is COc1ccccc1Oc1c(NS(=O)(=O)c2ccc(C(C)C)cn2)nc(-c2ccnc(-c3nnn[nH]3)c2)nc1OCCOC(=O)c1cccc(CO[N+](=O)[O-])c1. The van der Waals surface area contributed by atoms with Crippen LogP contribution in [0.3, 0.4) is 0 Å². The van der Waals surface area contributed by atoms with E-state index in [9.17, 15) is 23.3 Å². The molecule has 4 aromatic heterocycles. The van der Waals surface area contributed by atoms with Crippen molar-refractivity contribution in [1.82, 2.24) is 40.6 Å². The van der Waals surface area contributed by atoms with Crippen LogP contribution in [-0.2, 0) is 26.2 Å². The minimum absolute atomic E-state index is 0.0323. The molecule has 0 fully saturated rings. The Hall–Kier alpha value is -7.29. The van der Waals surface area contributed by atoms with Gasteiger partial charge in [0.1, 0.15) is 25.5 Å². The standard InChI is InChI=1S/C35H32N10O10S/c1-21(2)25-11-12-29(37-19-25)56(49,50)42-33-30(55-28-10-5-4-9-27(28)51-3)34(39-31(38-33)23-13-14-36-26(18-23)32-40-43-44-41-32)52-15-16-53-35(46)24-8-6-7-22(17-24)20-54-45(47)48/h4-14,17-19,21H,15-16,20H2,1-3H3,(H,38,39,42)(H,40,41,43,44). The molecule has 0 amide bonds. The van der Waals surface area contributed by atoms with Gasteiger partial charge in [-0.2, -0.15) is 13.4 Å². The third-order valence-corrected chi connectivity index (χ3v) is 8.96. The third kappa shape index (κ3) is 9.43. The summed E-state index contributed by atoms with van der Waals surface area (Å²) in [6, 6.07) is 18.7. The van der Waals surface area contributed by atoms with Crippen LogP contribution in [-0.4, -0.2) is 80.4 Å². The van der Waals surface area contributed by atoms with Gasteiger partial charge in [-0.25, -0.2) is 19.9 Å². The van der Waals surface area contributed by atoms with Gasteiger partial charge in [-0.15, -0.1) is 15.2 Å². The Bertz CT molecular complexity index is 2430. The number of pyridine rings is 2. The maximum atomic E-state index is 13.9. The number of nitrogens with one attached hydrogen (secondary N) is 2. The molecule has 21 heteroatoms. The second-order valence-corrected chi connectivity index (χ2v) is 13.5. The lowest BCUT2D eigenvalue weighted by Crippen LogP contribution is -2.18. The number of aromatic nitrogens is 8. The Morgan fingerprint density at radius 1 is 0.982 bits per heavy atom. The fourth-order valence-electron chi connectivity index (χ4n) is 4.94. The molecule has 288 valence electrons. The Balaban J connectivity index is 1.37. The highest BCUT2D eigenvalue weighted by Crippen LogP contribution is 2.42. The van der Waals surface area contributed by atoms with Crippen molar-refractivity contribution < 1.29 is 42.1 Å². The molecule has 2 N–H and O–H groups in total. The number of esters is 1. The van der Waals surface area contributed by atoms with Crippen LogP contribution in [0.4, 0.5) is 5.82 Å². The van der Waals surface area contributed by atoms with E-state index in [4.69, 9.17) is 18.9 Å². The van der Waals surface area contributed by atoms with Gasteiger partial charge in [-0.3, -0.25) is 9.71 Å². The number of aromatic amines is 1. The molecule has 0 atom stereocenters. The quantitative estimate of drug-likeness (QED) is 0.0545. The van der Waals surface area contributed by atoms with Gasteiger partial charge < -0.3 is 23.8 Å². The predicted molar refractivity (Wildman–Crippen MR) is 195 cm³/mol. The molecule has 20 nitrogen and oxygen atoms in total. The van der Waals surface area contributed by atoms with Gasteiger partial charge in [0.25, 0.3) is 21.0 Å². The van der Waals surface area contributed by atoms with Gasteiger partial charge in [-0.05, 0) is 69.9 Å². The molecule has 0 aliphatic rings. The number of carbonyl (C=O) groups is 1. The van der Waals surface area contributed by atoms with Gasteiger partial charge in [0, 0.05) is 18.0 Å². The summed E-state index contributed by atoms with van der Waals surface area (Å²) in [4.78, 5) is 45.5. The van der Waals surface area contributed by atoms with E-state index >= 15 is 0 Å². The number of rotatable bonds is 17. The second kappa shape index (κ2) is 17.2. The minimum atomic E-state index is -4.40. The number of carbonyl (C=O) groups excluding carboxylic acids is 1. The summed E-state index contributed by atoms with van der Waals surface area (Å²) in [5.74, 6) is -0.833. The molecular weight excluding hydrogens is 753 g/mol. The van der Waals surface area contributed by atoms with Gasteiger partial charge in [0.05, 0.1) is 12.7 Å². The largest absolute Gasteiger partial charge is 0.493 e. The molecule has 6 aromatic rings. The topological polar surface area (TPSA) is 259 Å². The fourth-order valence-corrected chi connectivity index (χ4v) is 5.88. The molecule has 0 unspecified atom stereocenters. The number of hydrogen-bond donors (Lipinski definition) is 2. The molecule has 0 spiro atoms. The van der Waals surface area contributed by atoms with Crippen LogP contribution in [0, 0.1) is 10.1 Å². The van der Waals surface area contributed by atoms with Crippen LogP contribution >= 0.6 is 0 Å². The van der Waals surface area contributed by atoms with Gasteiger partial charge in [-0.1, -0.05) is 44.2 Å². The first-order chi connectivity index (χ1) is 27.0. The number of para-hydroxylation sites is 2. The van der Waals surface area contributed by atoms with E-state index in [0.29, 0.717) is 22.6 Å². The summed E-state index contributed by atoms with van der Waals surface area (Å²) in [5, 5.41) is 23.0. The first-order valence-electron chi connectivity index (χ1n) is 16.6. The highest BCUT2D eigenvalue weighted by Gasteiger charge is 2.27. The molecule has 0 aliphatic heterocycles.